The van der Waals surface area contributed by atoms with Gasteiger partial charge in [-0.25, -0.2) is 0 Å². The molecule has 0 bridgehead atoms. The van der Waals surface area contributed by atoms with Crippen LogP contribution in [-0.2, 0) is 12.8 Å². The quantitative estimate of drug-likeness (QED) is 0.883. The van der Waals surface area contributed by atoms with E-state index in [1.807, 2.05) is 11.3 Å². The number of rotatable bonds is 3. The van der Waals surface area contributed by atoms with E-state index >= 15 is 0 Å². The molecule has 2 heteroatoms. The summed E-state index contributed by atoms with van der Waals surface area (Å²) in [6.07, 6.45) is 2.34. The molecule has 0 fully saturated rings. The molecule has 1 aromatic heterocycles. The second-order valence-corrected chi connectivity index (χ2v) is 7.09. The summed E-state index contributed by atoms with van der Waals surface area (Å²) >= 11 is 1.90. The van der Waals surface area contributed by atoms with Crippen molar-refractivity contribution in [3.8, 4) is 0 Å². The van der Waals surface area contributed by atoms with Gasteiger partial charge in [0.1, 0.15) is 0 Å². The van der Waals surface area contributed by atoms with Crippen LogP contribution in [0.5, 0.6) is 0 Å². The SMILES string of the molecule is Cc1cc(C(C)NC2Cc3ccccc3C2)c(C)s1. The van der Waals surface area contributed by atoms with Gasteiger partial charge in [0.05, 0.1) is 0 Å². The molecular formula is C17H21NS. The van der Waals surface area contributed by atoms with Crippen LogP contribution in [0.15, 0.2) is 30.3 Å². The van der Waals surface area contributed by atoms with Crippen LogP contribution in [0.2, 0.25) is 0 Å². The van der Waals surface area contributed by atoms with E-state index in [4.69, 9.17) is 0 Å². The third-order valence-corrected chi connectivity index (χ3v) is 5.06. The standard InChI is InChI=1S/C17H21NS/c1-11-8-17(13(3)19-11)12(2)18-16-9-14-6-4-5-7-15(14)10-16/h4-8,12,16,18H,9-10H2,1-3H3. The van der Waals surface area contributed by atoms with E-state index < -0.39 is 0 Å². The summed E-state index contributed by atoms with van der Waals surface area (Å²) in [6.45, 7) is 6.71. The van der Waals surface area contributed by atoms with Gasteiger partial charge in [-0.3, -0.25) is 0 Å². The van der Waals surface area contributed by atoms with Crippen LogP contribution in [0.3, 0.4) is 0 Å². The first-order chi connectivity index (χ1) is 9.13. The lowest BCUT2D eigenvalue weighted by molar-refractivity contribution is 0.467. The Balaban J connectivity index is 1.69. The average Bonchev–Trinajstić information content (AvgIpc) is 2.91. The van der Waals surface area contributed by atoms with Gasteiger partial charge in [0, 0.05) is 21.8 Å². The van der Waals surface area contributed by atoms with Crippen molar-refractivity contribution in [1.29, 1.82) is 0 Å². The molecule has 1 aromatic carbocycles. The molecule has 1 aliphatic rings. The van der Waals surface area contributed by atoms with Gasteiger partial charge in [-0.15, -0.1) is 11.3 Å². The van der Waals surface area contributed by atoms with Crippen LogP contribution in [-0.4, -0.2) is 6.04 Å². The summed E-state index contributed by atoms with van der Waals surface area (Å²) in [7, 11) is 0. The minimum absolute atomic E-state index is 0.448. The smallest absolute Gasteiger partial charge is 0.0305 e. The lowest BCUT2D eigenvalue weighted by Crippen LogP contribution is -2.32. The van der Waals surface area contributed by atoms with Crippen molar-refractivity contribution in [2.75, 3.05) is 0 Å². The molecule has 1 unspecified atom stereocenters. The van der Waals surface area contributed by atoms with Crippen molar-refractivity contribution in [2.24, 2.45) is 0 Å². The second-order valence-electron chi connectivity index (χ2n) is 5.63. The van der Waals surface area contributed by atoms with Gasteiger partial charge in [-0.1, -0.05) is 24.3 Å². The van der Waals surface area contributed by atoms with E-state index in [-0.39, 0.29) is 0 Å². The van der Waals surface area contributed by atoms with E-state index in [1.165, 1.54) is 39.3 Å². The summed E-state index contributed by atoms with van der Waals surface area (Å²) in [5, 5.41) is 3.80. The molecule has 1 N–H and O–H groups in total. The zero-order valence-electron chi connectivity index (χ0n) is 11.9. The Hall–Kier alpha value is -1.12. The van der Waals surface area contributed by atoms with E-state index in [2.05, 4.69) is 56.4 Å². The lowest BCUT2D eigenvalue weighted by atomic mass is 10.1. The molecule has 2 aromatic rings. The van der Waals surface area contributed by atoms with Gasteiger partial charge < -0.3 is 5.32 Å². The molecule has 0 spiro atoms. The Bertz CT molecular complexity index is 560. The number of thiophene rings is 1. The molecule has 0 saturated carbocycles. The molecule has 0 amide bonds. The van der Waals surface area contributed by atoms with Crippen molar-refractivity contribution in [2.45, 2.75) is 45.7 Å². The molecular weight excluding hydrogens is 250 g/mol. The van der Waals surface area contributed by atoms with Crippen LogP contribution < -0.4 is 5.32 Å². The average molecular weight is 271 g/mol. The second kappa shape index (κ2) is 5.10. The zero-order chi connectivity index (χ0) is 13.4. The topological polar surface area (TPSA) is 12.0 Å². The van der Waals surface area contributed by atoms with Crippen LogP contribution >= 0.6 is 11.3 Å². The van der Waals surface area contributed by atoms with E-state index in [9.17, 15) is 0 Å². The third-order valence-electron chi connectivity index (χ3n) is 4.08. The highest BCUT2D eigenvalue weighted by molar-refractivity contribution is 7.12. The summed E-state index contributed by atoms with van der Waals surface area (Å²) in [6, 6.07) is 12.2. The lowest BCUT2D eigenvalue weighted by Gasteiger charge is -2.19. The molecule has 1 atom stereocenters. The van der Waals surface area contributed by atoms with Crippen molar-refractivity contribution in [3.05, 3.63) is 56.8 Å². The predicted molar refractivity (Wildman–Crippen MR) is 83.0 cm³/mol. The number of hydrogen-bond acceptors (Lipinski definition) is 2. The molecule has 19 heavy (non-hydrogen) atoms. The zero-order valence-corrected chi connectivity index (χ0v) is 12.7. The van der Waals surface area contributed by atoms with Crippen LogP contribution in [0.4, 0.5) is 0 Å². The first-order valence-electron chi connectivity index (χ1n) is 7.03. The summed E-state index contributed by atoms with van der Waals surface area (Å²) in [4.78, 5) is 2.86. The van der Waals surface area contributed by atoms with Gasteiger partial charge in [-0.2, -0.15) is 0 Å². The molecule has 1 heterocycles. The van der Waals surface area contributed by atoms with Crippen molar-refractivity contribution < 1.29 is 0 Å². The molecule has 1 aliphatic carbocycles. The van der Waals surface area contributed by atoms with Gasteiger partial charge in [0.2, 0.25) is 0 Å². The normalized spacial score (nSPS) is 16.6. The number of hydrogen-bond donors (Lipinski definition) is 1. The highest BCUT2D eigenvalue weighted by Gasteiger charge is 2.23. The fourth-order valence-corrected chi connectivity index (χ4v) is 4.22. The molecule has 0 radical (unpaired) electrons. The largest absolute Gasteiger partial charge is 0.307 e. The molecule has 0 aliphatic heterocycles. The summed E-state index contributed by atoms with van der Waals surface area (Å²) in [5.74, 6) is 0. The minimum atomic E-state index is 0.448. The van der Waals surface area contributed by atoms with Crippen LogP contribution in [0.25, 0.3) is 0 Å². The molecule has 3 rings (SSSR count). The minimum Gasteiger partial charge on any atom is -0.307 e. The van der Waals surface area contributed by atoms with E-state index in [0.717, 1.165) is 0 Å². The van der Waals surface area contributed by atoms with Crippen LogP contribution in [0, 0.1) is 13.8 Å². The van der Waals surface area contributed by atoms with Gasteiger partial charge >= 0.3 is 0 Å². The fourth-order valence-electron chi connectivity index (χ4n) is 3.20. The van der Waals surface area contributed by atoms with Crippen molar-refractivity contribution in [3.63, 3.8) is 0 Å². The monoisotopic (exact) mass is 271 g/mol. The summed E-state index contributed by atoms with van der Waals surface area (Å²) in [5.41, 5.74) is 4.51. The Morgan fingerprint density at radius 3 is 2.32 bits per heavy atom. The maximum Gasteiger partial charge on any atom is 0.0305 e. The molecule has 100 valence electrons. The number of nitrogens with one attached hydrogen (secondary N) is 1. The first kappa shape index (κ1) is 12.9. The fraction of sp³-hybridized carbons (Fsp3) is 0.412. The van der Waals surface area contributed by atoms with Gasteiger partial charge in [0.25, 0.3) is 0 Å². The first-order valence-corrected chi connectivity index (χ1v) is 7.85. The van der Waals surface area contributed by atoms with Crippen LogP contribution in [0.1, 0.15) is 39.4 Å². The number of fused-ring (bicyclic) bond motifs is 1. The van der Waals surface area contributed by atoms with Gasteiger partial charge in [0.15, 0.2) is 0 Å². The Labute approximate surface area is 119 Å². The number of aryl methyl sites for hydroxylation is 2. The number of benzene rings is 1. The van der Waals surface area contributed by atoms with Gasteiger partial charge in [-0.05, 0) is 56.4 Å². The van der Waals surface area contributed by atoms with Crippen molar-refractivity contribution >= 4 is 11.3 Å². The highest BCUT2D eigenvalue weighted by Crippen LogP contribution is 2.28. The highest BCUT2D eigenvalue weighted by atomic mass is 32.1. The van der Waals surface area contributed by atoms with Crippen molar-refractivity contribution in [1.82, 2.24) is 5.32 Å². The molecule has 1 nitrogen and oxygen atoms in total. The Morgan fingerprint density at radius 1 is 1.16 bits per heavy atom. The Kier molecular flexibility index (Phi) is 3.46. The predicted octanol–water partition coefficient (Wildman–Crippen LogP) is 4.18. The maximum absolute atomic E-state index is 3.80. The Morgan fingerprint density at radius 2 is 1.79 bits per heavy atom. The third kappa shape index (κ3) is 2.60. The summed E-state index contributed by atoms with van der Waals surface area (Å²) < 4.78 is 0. The van der Waals surface area contributed by atoms with E-state index in [0.29, 0.717) is 12.1 Å². The van der Waals surface area contributed by atoms with E-state index in [1.54, 1.807) is 0 Å². The maximum atomic E-state index is 3.80. The molecule has 0 saturated heterocycles.